The Labute approximate surface area is 201 Å². The number of amides is 1. The van der Waals surface area contributed by atoms with Gasteiger partial charge in [0.05, 0.1) is 24.7 Å². The number of rotatable bonds is 8. The number of benzene rings is 2. The van der Waals surface area contributed by atoms with Crippen molar-refractivity contribution in [1.82, 2.24) is 9.21 Å². The lowest BCUT2D eigenvalue weighted by Crippen LogP contribution is -2.43. The number of fused-ring (bicyclic) bond motifs is 1. The van der Waals surface area contributed by atoms with Crippen LogP contribution in [-0.4, -0.2) is 70.0 Å². The Morgan fingerprint density at radius 3 is 2.50 bits per heavy atom. The standard InChI is InChI=1S/C25H32N2O6S/c1-26(13-5-16-31-21-7-3-2-4-8-21)25(28)20-11-14-27(15-12-20)34(29,30)22-9-10-23-24(19-22)33-18-6-17-32-23/h2-4,7-10,19-20H,5-6,11-18H2,1H3. The maximum Gasteiger partial charge on any atom is 0.243 e. The Hall–Kier alpha value is -2.78. The second-order valence-electron chi connectivity index (χ2n) is 8.61. The maximum atomic E-state index is 13.2. The summed E-state index contributed by atoms with van der Waals surface area (Å²) in [6.07, 6.45) is 2.50. The zero-order chi connectivity index (χ0) is 24.0. The highest BCUT2D eigenvalue weighted by molar-refractivity contribution is 7.89. The molecular weight excluding hydrogens is 456 g/mol. The molecule has 0 unspecified atom stereocenters. The van der Waals surface area contributed by atoms with Crippen molar-refractivity contribution in [2.45, 2.75) is 30.6 Å². The molecule has 1 amide bonds. The minimum absolute atomic E-state index is 0.0624. The summed E-state index contributed by atoms with van der Waals surface area (Å²) in [5.74, 6) is 1.74. The molecule has 0 radical (unpaired) electrons. The first kappa shape index (κ1) is 24.3. The van der Waals surface area contributed by atoms with E-state index in [1.807, 2.05) is 30.3 Å². The molecule has 1 saturated heterocycles. The highest BCUT2D eigenvalue weighted by Gasteiger charge is 2.33. The van der Waals surface area contributed by atoms with Gasteiger partial charge in [-0.15, -0.1) is 0 Å². The topological polar surface area (TPSA) is 85.4 Å². The van der Waals surface area contributed by atoms with E-state index in [4.69, 9.17) is 14.2 Å². The number of carbonyl (C=O) groups excluding carboxylic acids is 1. The SMILES string of the molecule is CN(CCCOc1ccccc1)C(=O)C1CCN(S(=O)(=O)c2ccc3c(c2)OCCCO3)CC1. The summed E-state index contributed by atoms with van der Waals surface area (Å²) in [7, 11) is -1.87. The normalized spacial score (nSPS) is 17.1. The average Bonchev–Trinajstić information content (AvgIpc) is 3.12. The number of piperidine rings is 1. The molecule has 0 spiro atoms. The molecule has 184 valence electrons. The molecule has 34 heavy (non-hydrogen) atoms. The van der Waals surface area contributed by atoms with Gasteiger partial charge in [-0.2, -0.15) is 4.31 Å². The number of ether oxygens (including phenoxy) is 3. The van der Waals surface area contributed by atoms with E-state index < -0.39 is 10.0 Å². The van der Waals surface area contributed by atoms with Gasteiger partial charge in [-0.1, -0.05) is 18.2 Å². The molecular formula is C25H32N2O6S. The van der Waals surface area contributed by atoms with Crippen molar-refractivity contribution in [3.63, 3.8) is 0 Å². The second kappa shape index (κ2) is 11.1. The van der Waals surface area contributed by atoms with Gasteiger partial charge in [0.2, 0.25) is 15.9 Å². The molecule has 0 aliphatic carbocycles. The fourth-order valence-corrected chi connectivity index (χ4v) is 5.71. The Morgan fingerprint density at radius 2 is 1.76 bits per heavy atom. The summed E-state index contributed by atoms with van der Waals surface area (Å²) in [6.45, 7) is 2.82. The van der Waals surface area contributed by atoms with Crippen molar-refractivity contribution >= 4 is 15.9 Å². The van der Waals surface area contributed by atoms with E-state index >= 15 is 0 Å². The summed E-state index contributed by atoms with van der Waals surface area (Å²) in [5.41, 5.74) is 0. The molecule has 2 aliphatic heterocycles. The van der Waals surface area contributed by atoms with Crippen LogP contribution in [0.5, 0.6) is 17.2 Å². The third-order valence-corrected chi connectivity index (χ3v) is 8.08. The summed E-state index contributed by atoms with van der Waals surface area (Å²) < 4.78 is 44.8. The van der Waals surface area contributed by atoms with Crippen molar-refractivity contribution in [2.24, 2.45) is 5.92 Å². The van der Waals surface area contributed by atoms with E-state index in [0.29, 0.717) is 63.8 Å². The smallest absolute Gasteiger partial charge is 0.243 e. The first-order valence-electron chi connectivity index (χ1n) is 11.8. The van der Waals surface area contributed by atoms with Gasteiger partial charge in [-0.25, -0.2) is 8.42 Å². The van der Waals surface area contributed by atoms with E-state index in [0.717, 1.165) is 18.6 Å². The van der Waals surface area contributed by atoms with Gasteiger partial charge >= 0.3 is 0 Å². The number of para-hydroxylation sites is 1. The van der Waals surface area contributed by atoms with E-state index in [9.17, 15) is 13.2 Å². The minimum atomic E-state index is -3.66. The van der Waals surface area contributed by atoms with Crippen LogP contribution in [0.4, 0.5) is 0 Å². The van der Waals surface area contributed by atoms with Gasteiger partial charge in [0.25, 0.3) is 0 Å². The van der Waals surface area contributed by atoms with Crippen LogP contribution < -0.4 is 14.2 Å². The van der Waals surface area contributed by atoms with Gasteiger partial charge in [-0.05, 0) is 43.5 Å². The number of hydrogen-bond donors (Lipinski definition) is 0. The molecule has 4 rings (SSSR count). The molecule has 0 bridgehead atoms. The predicted octanol–water partition coefficient (Wildman–Crippen LogP) is 3.18. The third-order valence-electron chi connectivity index (χ3n) is 6.19. The lowest BCUT2D eigenvalue weighted by Gasteiger charge is -2.32. The molecule has 0 aromatic heterocycles. The molecule has 2 heterocycles. The molecule has 9 heteroatoms. The highest BCUT2D eigenvalue weighted by atomic mass is 32.2. The molecule has 2 aliphatic rings. The Morgan fingerprint density at radius 1 is 1.06 bits per heavy atom. The van der Waals surface area contributed by atoms with E-state index in [1.54, 1.807) is 30.1 Å². The van der Waals surface area contributed by atoms with Gasteiger partial charge in [0.1, 0.15) is 5.75 Å². The highest BCUT2D eigenvalue weighted by Crippen LogP contribution is 2.34. The quantitative estimate of drug-likeness (QED) is 0.531. The Kier molecular flexibility index (Phi) is 7.95. The van der Waals surface area contributed by atoms with Crippen LogP contribution in [-0.2, 0) is 14.8 Å². The van der Waals surface area contributed by atoms with E-state index in [2.05, 4.69) is 0 Å². The summed E-state index contributed by atoms with van der Waals surface area (Å²) in [5, 5.41) is 0. The number of carbonyl (C=O) groups is 1. The van der Waals surface area contributed by atoms with Crippen molar-refractivity contribution < 1.29 is 27.4 Å². The third kappa shape index (κ3) is 5.82. The summed E-state index contributed by atoms with van der Waals surface area (Å²) in [4.78, 5) is 14.8. The zero-order valence-electron chi connectivity index (χ0n) is 19.5. The number of sulfonamides is 1. The zero-order valence-corrected chi connectivity index (χ0v) is 20.3. The fourth-order valence-electron chi connectivity index (χ4n) is 4.23. The van der Waals surface area contributed by atoms with Gasteiger partial charge < -0.3 is 19.1 Å². The largest absolute Gasteiger partial charge is 0.494 e. The molecule has 0 saturated carbocycles. The van der Waals surface area contributed by atoms with Gasteiger partial charge in [0.15, 0.2) is 11.5 Å². The molecule has 0 atom stereocenters. The molecule has 2 aromatic rings. The van der Waals surface area contributed by atoms with Crippen LogP contribution in [0.25, 0.3) is 0 Å². The predicted molar refractivity (Wildman–Crippen MR) is 128 cm³/mol. The van der Waals surface area contributed by atoms with E-state index in [-0.39, 0.29) is 16.7 Å². The molecule has 1 fully saturated rings. The fraction of sp³-hybridized carbons (Fsp3) is 0.480. The summed E-state index contributed by atoms with van der Waals surface area (Å²) >= 11 is 0. The molecule has 2 aromatic carbocycles. The summed E-state index contributed by atoms with van der Waals surface area (Å²) in [6, 6.07) is 14.3. The Bertz CT molecular complexity index is 1070. The van der Waals surface area contributed by atoms with Crippen molar-refractivity contribution in [1.29, 1.82) is 0 Å². The van der Waals surface area contributed by atoms with Crippen LogP contribution in [0, 0.1) is 5.92 Å². The first-order chi connectivity index (χ1) is 16.4. The van der Waals surface area contributed by atoms with Crippen molar-refractivity contribution in [2.75, 3.05) is 46.5 Å². The minimum Gasteiger partial charge on any atom is -0.494 e. The van der Waals surface area contributed by atoms with Crippen molar-refractivity contribution in [3.05, 3.63) is 48.5 Å². The van der Waals surface area contributed by atoms with Crippen molar-refractivity contribution in [3.8, 4) is 17.2 Å². The van der Waals surface area contributed by atoms with Crippen LogP contribution in [0.2, 0.25) is 0 Å². The maximum absolute atomic E-state index is 13.2. The molecule has 0 N–H and O–H groups in total. The number of nitrogens with zero attached hydrogens (tertiary/aromatic N) is 2. The van der Waals surface area contributed by atoms with Crippen LogP contribution in [0.15, 0.2) is 53.4 Å². The average molecular weight is 489 g/mol. The lowest BCUT2D eigenvalue weighted by atomic mass is 9.96. The van der Waals surface area contributed by atoms with Crippen LogP contribution >= 0.6 is 0 Å². The van der Waals surface area contributed by atoms with Gasteiger partial charge in [-0.3, -0.25) is 4.79 Å². The van der Waals surface area contributed by atoms with Crippen LogP contribution in [0.3, 0.4) is 0 Å². The second-order valence-corrected chi connectivity index (χ2v) is 10.6. The van der Waals surface area contributed by atoms with Crippen LogP contribution in [0.1, 0.15) is 25.7 Å². The van der Waals surface area contributed by atoms with Gasteiger partial charge in [0, 0.05) is 45.1 Å². The Balaban J connectivity index is 1.26. The monoisotopic (exact) mass is 488 g/mol. The van der Waals surface area contributed by atoms with E-state index in [1.165, 1.54) is 4.31 Å². The lowest BCUT2D eigenvalue weighted by molar-refractivity contribution is -0.135. The number of hydrogen-bond acceptors (Lipinski definition) is 6. The first-order valence-corrected chi connectivity index (χ1v) is 13.2. The molecule has 8 nitrogen and oxygen atoms in total.